The molecular weight excluding hydrogens is 284 g/mol. The van der Waals surface area contributed by atoms with Crippen molar-refractivity contribution in [3.8, 4) is 0 Å². The minimum Gasteiger partial charge on any atom is -0.343 e. The van der Waals surface area contributed by atoms with Gasteiger partial charge in [-0.2, -0.15) is 0 Å². The van der Waals surface area contributed by atoms with E-state index < -0.39 is 0 Å². The number of halogens is 1. The van der Waals surface area contributed by atoms with Gasteiger partial charge in [0.1, 0.15) is 0 Å². The fraction of sp³-hybridized carbons (Fsp3) is 0.588. The molecule has 0 atom stereocenters. The third-order valence-corrected chi connectivity index (χ3v) is 3.59. The Morgan fingerprint density at radius 3 is 2.38 bits per heavy atom. The summed E-state index contributed by atoms with van der Waals surface area (Å²) in [7, 11) is 0. The summed E-state index contributed by atoms with van der Waals surface area (Å²) >= 11 is 0. The van der Waals surface area contributed by atoms with Gasteiger partial charge in [-0.15, -0.1) is 12.4 Å². The van der Waals surface area contributed by atoms with E-state index in [1.165, 1.54) is 5.56 Å². The van der Waals surface area contributed by atoms with Gasteiger partial charge < -0.3 is 10.6 Å². The number of hydrogen-bond donors (Lipinski definition) is 1. The molecule has 3 nitrogen and oxygen atoms in total. The van der Waals surface area contributed by atoms with Gasteiger partial charge in [0.25, 0.3) is 0 Å². The number of nitrogens with zero attached hydrogens (tertiary/aromatic N) is 1. The van der Waals surface area contributed by atoms with Crippen molar-refractivity contribution in [2.24, 2.45) is 5.73 Å². The van der Waals surface area contributed by atoms with Crippen molar-refractivity contribution in [1.29, 1.82) is 0 Å². The molecule has 0 saturated carbocycles. The highest BCUT2D eigenvalue weighted by molar-refractivity contribution is 5.85. The van der Waals surface area contributed by atoms with Crippen LogP contribution in [-0.4, -0.2) is 30.4 Å². The van der Waals surface area contributed by atoms with E-state index >= 15 is 0 Å². The largest absolute Gasteiger partial charge is 0.343 e. The molecule has 0 spiro atoms. The van der Waals surface area contributed by atoms with Crippen LogP contribution in [0.4, 0.5) is 0 Å². The van der Waals surface area contributed by atoms with Crippen LogP contribution in [0.3, 0.4) is 0 Å². The van der Waals surface area contributed by atoms with Crippen molar-refractivity contribution >= 4 is 18.3 Å². The maximum atomic E-state index is 12.1. The van der Waals surface area contributed by atoms with Crippen LogP contribution >= 0.6 is 12.4 Å². The Kier molecular flexibility index (Phi) is 12.0. The quantitative estimate of drug-likeness (QED) is 0.673. The van der Waals surface area contributed by atoms with E-state index in [1.807, 2.05) is 23.1 Å². The van der Waals surface area contributed by atoms with E-state index in [2.05, 4.69) is 19.1 Å². The van der Waals surface area contributed by atoms with Gasteiger partial charge >= 0.3 is 0 Å². The monoisotopic (exact) mass is 312 g/mol. The van der Waals surface area contributed by atoms with Gasteiger partial charge in [-0.1, -0.05) is 43.2 Å². The molecule has 0 aliphatic rings. The number of likely N-dealkylation sites (N-methyl/N-ethyl adjacent to an activating group) is 1. The van der Waals surface area contributed by atoms with Crippen LogP contribution in [0.5, 0.6) is 0 Å². The maximum Gasteiger partial charge on any atom is 0.222 e. The van der Waals surface area contributed by atoms with Gasteiger partial charge in [0.2, 0.25) is 5.91 Å². The second kappa shape index (κ2) is 12.7. The predicted molar refractivity (Wildman–Crippen MR) is 91.8 cm³/mol. The van der Waals surface area contributed by atoms with Crippen molar-refractivity contribution < 1.29 is 4.79 Å². The lowest BCUT2D eigenvalue weighted by atomic mass is 10.1. The van der Waals surface area contributed by atoms with Gasteiger partial charge in [0.15, 0.2) is 0 Å². The Balaban J connectivity index is 0.00000400. The molecule has 0 radical (unpaired) electrons. The molecule has 0 fully saturated rings. The zero-order valence-electron chi connectivity index (χ0n) is 13.1. The minimum absolute atomic E-state index is 0. The van der Waals surface area contributed by atoms with Crippen LogP contribution in [0.25, 0.3) is 0 Å². The lowest BCUT2D eigenvalue weighted by Crippen LogP contribution is -2.32. The van der Waals surface area contributed by atoms with Crippen molar-refractivity contribution in [2.75, 3.05) is 19.6 Å². The number of rotatable bonds is 10. The van der Waals surface area contributed by atoms with Crippen LogP contribution in [0.1, 0.15) is 44.6 Å². The van der Waals surface area contributed by atoms with Crippen molar-refractivity contribution in [1.82, 2.24) is 4.90 Å². The Labute approximate surface area is 135 Å². The molecular formula is C17H29ClN2O. The highest BCUT2D eigenvalue weighted by Crippen LogP contribution is 2.07. The van der Waals surface area contributed by atoms with Gasteiger partial charge in [-0.25, -0.2) is 0 Å². The van der Waals surface area contributed by atoms with Gasteiger partial charge in [-0.3, -0.25) is 4.79 Å². The van der Waals surface area contributed by atoms with Crippen LogP contribution in [0, 0.1) is 0 Å². The molecule has 0 aromatic heterocycles. The Bertz CT molecular complexity index is 370. The smallest absolute Gasteiger partial charge is 0.222 e. The first kappa shape index (κ1) is 19.9. The number of benzene rings is 1. The second-order valence-electron chi connectivity index (χ2n) is 5.16. The Morgan fingerprint density at radius 2 is 1.76 bits per heavy atom. The molecule has 0 heterocycles. The van der Waals surface area contributed by atoms with Gasteiger partial charge in [-0.05, 0) is 38.3 Å². The SMILES string of the molecule is CCN(CCc1ccccc1)C(=O)CCCCCCN.Cl. The molecule has 21 heavy (non-hydrogen) atoms. The van der Waals surface area contributed by atoms with E-state index in [-0.39, 0.29) is 18.3 Å². The Morgan fingerprint density at radius 1 is 1.10 bits per heavy atom. The van der Waals surface area contributed by atoms with Crippen LogP contribution < -0.4 is 5.73 Å². The molecule has 0 unspecified atom stereocenters. The number of hydrogen-bond acceptors (Lipinski definition) is 2. The van der Waals surface area contributed by atoms with Crippen molar-refractivity contribution in [2.45, 2.75) is 45.4 Å². The minimum atomic E-state index is 0. The highest BCUT2D eigenvalue weighted by atomic mass is 35.5. The fourth-order valence-corrected chi connectivity index (χ4v) is 2.30. The summed E-state index contributed by atoms with van der Waals surface area (Å²) in [4.78, 5) is 14.1. The highest BCUT2D eigenvalue weighted by Gasteiger charge is 2.10. The molecule has 0 saturated heterocycles. The zero-order valence-corrected chi connectivity index (χ0v) is 13.9. The van der Waals surface area contributed by atoms with E-state index in [0.717, 1.165) is 51.7 Å². The lowest BCUT2D eigenvalue weighted by Gasteiger charge is -2.21. The number of nitrogens with two attached hydrogens (primary N) is 1. The maximum absolute atomic E-state index is 12.1. The Hall–Kier alpha value is -1.06. The normalized spacial score (nSPS) is 10.0. The summed E-state index contributed by atoms with van der Waals surface area (Å²) in [6, 6.07) is 10.3. The summed E-state index contributed by atoms with van der Waals surface area (Å²) in [5.74, 6) is 0.288. The number of unbranched alkanes of at least 4 members (excludes halogenated alkanes) is 3. The molecule has 1 amide bonds. The second-order valence-corrected chi connectivity index (χ2v) is 5.16. The predicted octanol–water partition coefficient (Wildman–Crippen LogP) is 3.41. The van der Waals surface area contributed by atoms with E-state index in [0.29, 0.717) is 6.42 Å². The molecule has 0 bridgehead atoms. The van der Waals surface area contributed by atoms with Gasteiger partial charge in [0.05, 0.1) is 0 Å². The standard InChI is InChI=1S/C17H28N2O.ClH/c1-2-19(15-13-16-10-6-5-7-11-16)17(20)12-8-3-4-9-14-18;/h5-7,10-11H,2-4,8-9,12-15,18H2,1H3;1H. The summed E-state index contributed by atoms with van der Waals surface area (Å²) < 4.78 is 0. The van der Waals surface area contributed by atoms with Gasteiger partial charge in [0, 0.05) is 19.5 Å². The first-order valence-electron chi connectivity index (χ1n) is 7.79. The summed E-state index contributed by atoms with van der Waals surface area (Å²) in [6.07, 6.45) is 5.92. The van der Waals surface area contributed by atoms with Crippen LogP contribution in [0.2, 0.25) is 0 Å². The fourth-order valence-electron chi connectivity index (χ4n) is 2.30. The zero-order chi connectivity index (χ0) is 14.6. The van der Waals surface area contributed by atoms with E-state index in [9.17, 15) is 4.79 Å². The summed E-state index contributed by atoms with van der Waals surface area (Å²) in [5.41, 5.74) is 6.75. The topological polar surface area (TPSA) is 46.3 Å². The lowest BCUT2D eigenvalue weighted by molar-refractivity contribution is -0.131. The average Bonchev–Trinajstić information content (AvgIpc) is 2.48. The number of amides is 1. The first-order chi connectivity index (χ1) is 9.77. The molecule has 2 N–H and O–H groups in total. The van der Waals surface area contributed by atoms with Crippen LogP contribution in [0.15, 0.2) is 30.3 Å². The molecule has 1 aromatic rings. The third kappa shape index (κ3) is 8.74. The summed E-state index contributed by atoms with van der Waals surface area (Å²) in [6.45, 7) is 4.43. The van der Waals surface area contributed by atoms with Crippen molar-refractivity contribution in [3.63, 3.8) is 0 Å². The average molecular weight is 313 g/mol. The molecule has 1 rings (SSSR count). The van der Waals surface area contributed by atoms with E-state index in [4.69, 9.17) is 5.73 Å². The van der Waals surface area contributed by atoms with E-state index in [1.54, 1.807) is 0 Å². The summed E-state index contributed by atoms with van der Waals surface area (Å²) in [5, 5.41) is 0. The third-order valence-electron chi connectivity index (χ3n) is 3.59. The molecule has 0 aliphatic heterocycles. The molecule has 0 aliphatic carbocycles. The number of carbonyl (C=O) groups is 1. The van der Waals surface area contributed by atoms with Crippen LogP contribution in [-0.2, 0) is 11.2 Å². The molecule has 1 aromatic carbocycles. The van der Waals surface area contributed by atoms with Crippen molar-refractivity contribution in [3.05, 3.63) is 35.9 Å². The number of carbonyl (C=O) groups excluding carboxylic acids is 1. The first-order valence-corrected chi connectivity index (χ1v) is 7.79. The molecule has 120 valence electrons. The molecule has 4 heteroatoms.